The first-order valence-corrected chi connectivity index (χ1v) is 2.61. The Balaban J connectivity index is 0. The van der Waals surface area contributed by atoms with Crippen LogP contribution in [-0.2, 0) is 4.57 Å². The van der Waals surface area contributed by atoms with Crippen LogP contribution in [0.3, 0.4) is 0 Å². The van der Waals surface area contributed by atoms with Crippen LogP contribution in [0.15, 0.2) is 0 Å². The molecule has 0 unspecified atom stereocenters. The second-order valence-corrected chi connectivity index (χ2v) is 1.54. The highest BCUT2D eigenvalue weighted by Crippen LogP contribution is 2.25. The molecule has 5 nitrogen and oxygen atoms in total. The molecular weight excluding hydrogens is 121 g/mol. The molecule has 3 N–H and O–H groups in total. The summed E-state index contributed by atoms with van der Waals surface area (Å²) in [7, 11) is -4.64. The first kappa shape index (κ1) is 9.78. The molecule has 0 rings (SSSR count). The average molecular weight is 125 g/mol. The molecule has 0 saturated heterocycles. The largest absolute Gasteiger partial charge is 0.466 e. The van der Waals surface area contributed by atoms with Gasteiger partial charge in [-0.1, -0.05) is 0 Å². The number of phosphoric acid groups is 1. The van der Waals surface area contributed by atoms with E-state index in [2.05, 4.69) is 6.57 Å². The van der Waals surface area contributed by atoms with Gasteiger partial charge in [-0.05, 0) is 0 Å². The molecule has 7 heavy (non-hydrogen) atoms. The molecule has 0 aromatic heterocycles. The summed E-state index contributed by atoms with van der Waals surface area (Å²) in [4.78, 5) is 21.6. The summed E-state index contributed by atoms with van der Waals surface area (Å²) in [5.74, 6) is 0. The predicted octanol–water partition coefficient (Wildman–Crippen LogP) is -0.789. The molecule has 0 spiro atoms. The second kappa shape index (κ2) is 3.78. The fourth-order valence-corrected chi connectivity index (χ4v) is 0. The van der Waals surface area contributed by atoms with Crippen molar-refractivity contribution < 1.29 is 19.2 Å². The Kier molecular flexibility index (Phi) is 5.28. The lowest BCUT2D eigenvalue weighted by Gasteiger charge is -1.82. The van der Waals surface area contributed by atoms with Gasteiger partial charge in [0, 0.05) is 6.57 Å². The van der Waals surface area contributed by atoms with Gasteiger partial charge < -0.3 is 14.7 Å². The van der Waals surface area contributed by atoms with E-state index in [4.69, 9.17) is 24.5 Å². The molecule has 0 aromatic rings. The predicted molar refractivity (Wildman–Crippen MR) is 20.9 cm³/mol. The van der Waals surface area contributed by atoms with Crippen molar-refractivity contribution in [3.8, 4) is 6.57 Å². The number of nitrogens with zero attached hydrogens (tertiary/aromatic N) is 1. The van der Waals surface area contributed by atoms with Crippen LogP contribution in [-0.4, -0.2) is 14.7 Å². The Morgan fingerprint density at radius 3 is 1.29 bits per heavy atom. The van der Waals surface area contributed by atoms with Crippen LogP contribution in [0.2, 0.25) is 0 Å². The summed E-state index contributed by atoms with van der Waals surface area (Å²) < 4.78 is 8.88. The van der Waals surface area contributed by atoms with Gasteiger partial charge in [0.05, 0.1) is 0 Å². The summed E-state index contributed by atoms with van der Waals surface area (Å²) in [6.45, 7) is 3.50. The van der Waals surface area contributed by atoms with Crippen molar-refractivity contribution in [1.82, 2.24) is 0 Å². The Morgan fingerprint density at radius 1 is 1.29 bits per heavy atom. The molecule has 0 amide bonds. The van der Waals surface area contributed by atoms with Crippen molar-refractivity contribution in [3.63, 3.8) is 0 Å². The van der Waals surface area contributed by atoms with Gasteiger partial charge in [0.2, 0.25) is 0 Å². The maximum atomic E-state index is 8.88. The summed E-state index contributed by atoms with van der Waals surface area (Å²) in [6, 6.07) is 0. The molecule has 0 aliphatic heterocycles. The molecule has 0 atom stereocenters. The fraction of sp³-hybridized carbons (Fsp3) is 0. The van der Waals surface area contributed by atoms with Crippen LogP contribution in [0.5, 0.6) is 0 Å². The first-order chi connectivity index (χ1) is 3.00. The van der Waals surface area contributed by atoms with Crippen LogP contribution in [0, 0.1) is 11.8 Å². The minimum absolute atomic E-state index is 3.50. The van der Waals surface area contributed by atoms with Gasteiger partial charge in [-0.2, -0.15) is 0 Å². The Hall–Kier alpha value is -0.400. The highest BCUT2D eigenvalue weighted by molar-refractivity contribution is 7.45. The van der Waals surface area contributed by atoms with Gasteiger partial charge >= 0.3 is 7.82 Å². The van der Waals surface area contributed by atoms with E-state index in [0.29, 0.717) is 0 Å². The third-order valence-electron chi connectivity index (χ3n) is 0. The lowest BCUT2D eigenvalue weighted by Crippen LogP contribution is -1.66. The number of rotatable bonds is 0. The van der Waals surface area contributed by atoms with E-state index in [1.807, 2.05) is 0 Å². The minimum Gasteiger partial charge on any atom is -0.303 e. The Morgan fingerprint density at radius 2 is 1.29 bits per heavy atom. The van der Waals surface area contributed by atoms with E-state index in [9.17, 15) is 0 Å². The van der Waals surface area contributed by atoms with Crippen molar-refractivity contribution in [2.45, 2.75) is 0 Å². The normalized spacial score (nSPS) is 8.71. The maximum Gasteiger partial charge on any atom is 0.466 e. The van der Waals surface area contributed by atoms with Gasteiger partial charge in [0.1, 0.15) is 0 Å². The zero-order chi connectivity index (χ0) is 6.50. The van der Waals surface area contributed by atoms with Gasteiger partial charge in [-0.3, -0.25) is 0 Å². The number of hydrogen-bond donors (Lipinski definition) is 3. The molecular formula is CH4NO4P. The summed E-state index contributed by atoms with van der Waals surface area (Å²) >= 11 is 0. The molecule has 0 radical (unpaired) electrons. The van der Waals surface area contributed by atoms with Crippen LogP contribution >= 0.6 is 7.82 Å². The SMILES string of the molecule is C#N.O=P(O)(O)O. The lowest BCUT2D eigenvalue weighted by molar-refractivity contribution is 0.275. The smallest absolute Gasteiger partial charge is 0.303 e. The quantitative estimate of drug-likeness (QED) is 0.368. The van der Waals surface area contributed by atoms with Crippen LogP contribution in [0.1, 0.15) is 0 Å². The van der Waals surface area contributed by atoms with Crippen LogP contribution < -0.4 is 0 Å². The average Bonchev–Trinajstić information content (AvgIpc) is 1.36. The summed E-state index contributed by atoms with van der Waals surface area (Å²) in [5.41, 5.74) is 0. The Bertz CT molecular complexity index is 82.8. The first-order valence-electron chi connectivity index (χ1n) is 1.04. The monoisotopic (exact) mass is 125 g/mol. The van der Waals surface area contributed by atoms with Gasteiger partial charge in [-0.25, -0.2) is 9.83 Å². The van der Waals surface area contributed by atoms with Crippen LogP contribution in [0.25, 0.3) is 0 Å². The molecule has 6 heteroatoms. The van der Waals surface area contributed by atoms with E-state index in [0.717, 1.165) is 0 Å². The van der Waals surface area contributed by atoms with Gasteiger partial charge in [-0.15, -0.1) is 0 Å². The topological polar surface area (TPSA) is 102 Å². The number of hydrogen-bond acceptors (Lipinski definition) is 2. The lowest BCUT2D eigenvalue weighted by atomic mass is 11.9. The fourth-order valence-electron chi connectivity index (χ4n) is 0. The third kappa shape index (κ3) is 454. The van der Waals surface area contributed by atoms with Crippen molar-refractivity contribution >= 4 is 7.82 Å². The zero-order valence-corrected chi connectivity index (χ0v) is 4.12. The molecule has 0 aliphatic carbocycles. The van der Waals surface area contributed by atoms with Crippen LogP contribution in [0.4, 0.5) is 0 Å². The summed E-state index contributed by atoms with van der Waals surface area (Å²) in [5, 5.41) is 6.50. The molecule has 0 aromatic carbocycles. The highest BCUT2D eigenvalue weighted by atomic mass is 31.2. The Labute approximate surface area is 40.1 Å². The van der Waals surface area contributed by atoms with E-state index < -0.39 is 7.82 Å². The van der Waals surface area contributed by atoms with E-state index >= 15 is 0 Å². The molecule has 0 bridgehead atoms. The maximum absolute atomic E-state index is 8.88. The standard InChI is InChI=1S/CHN.H3O4P/c1-2;1-5(2,3)4/h1H;(H3,1,2,3,4). The molecule has 0 saturated carbocycles. The zero-order valence-electron chi connectivity index (χ0n) is 3.22. The van der Waals surface area contributed by atoms with Gasteiger partial charge in [0.25, 0.3) is 0 Å². The highest BCUT2D eigenvalue weighted by Gasteiger charge is 2.00. The van der Waals surface area contributed by atoms with E-state index in [-0.39, 0.29) is 0 Å². The number of nitriles is 1. The molecule has 42 valence electrons. The second-order valence-electron chi connectivity index (χ2n) is 0.513. The van der Waals surface area contributed by atoms with E-state index in [1.165, 1.54) is 0 Å². The molecule has 0 fully saturated rings. The van der Waals surface area contributed by atoms with Crippen molar-refractivity contribution in [2.75, 3.05) is 0 Å². The summed E-state index contributed by atoms with van der Waals surface area (Å²) in [6.07, 6.45) is 0. The van der Waals surface area contributed by atoms with Crippen molar-refractivity contribution in [2.24, 2.45) is 0 Å². The molecule has 0 heterocycles. The van der Waals surface area contributed by atoms with Crippen molar-refractivity contribution in [1.29, 1.82) is 5.26 Å². The minimum atomic E-state index is -4.64. The molecule has 0 aliphatic rings. The van der Waals surface area contributed by atoms with Gasteiger partial charge in [0.15, 0.2) is 0 Å². The van der Waals surface area contributed by atoms with Crippen molar-refractivity contribution in [3.05, 3.63) is 0 Å². The van der Waals surface area contributed by atoms with E-state index in [1.54, 1.807) is 0 Å². The third-order valence-corrected chi connectivity index (χ3v) is 0.